The summed E-state index contributed by atoms with van der Waals surface area (Å²) in [5.74, 6) is 0.271. The quantitative estimate of drug-likeness (QED) is 0.559. The highest BCUT2D eigenvalue weighted by Crippen LogP contribution is 2.30. The second-order valence-electron chi connectivity index (χ2n) is 6.18. The molecule has 0 saturated carbocycles. The summed E-state index contributed by atoms with van der Waals surface area (Å²) in [7, 11) is 1.79. The molecule has 0 unspecified atom stereocenters. The predicted octanol–water partition coefficient (Wildman–Crippen LogP) is 4.81. The van der Waals surface area contributed by atoms with Crippen molar-refractivity contribution in [1.82, 2.24) is 14.8 Å². The molecule has 1 aromatic heterocycles. The maximum Gasteiger partial charge on any atom is 0.416 e. The molecule has 10 heteroatoms. The van der Waals surface area contributed by atoms with Crippen LogP contribution in [0.2, 0.25) is 5.02 Å². The van der Waals surface area contributed by atoms with Gasteiger partial charge in [0.25, 0.3) is 0 Å². The number of nitrogens with zero attached hydrogens (tertiary/aromatic N) is 3. The third kappa shape index (κ3) is 5.74. The third-order valence-electron chi connectivity index (χ3n) is 4.01. The molecule has 0 aliphatic heterocycles. The number of carbonyl (C=O) groups excluding carboxylic acids is 1. The van der Waals surface area contributed by atoms with Gasteiger partial charge in [0.1, 0.15) is 5.82 Å². The molecule has 0 aliphatic carbocycles. The second kappa shape index (κ2) is 8.87. The summed E-state index contributed by atoms with van der Waals surface area (Å²) in [5.41, 5.74) is 0.290. The Kier molecular flexibility index (Phi) is 6.49. The van der Waals surface area contributed by atoms with Crippen molar-refractivity contribution in [3.8, 4) is 0 Å². The number of benzene rings is 2. The van der Waals surface area contributed by atoms with E-state index in [9.17, 15) is 18.0 Å². The average molecular weight is 441 g/mol. The summed E-state index contributed by atoms with van der Waals surface area (Å²) in [4.78, 5) is 12.1. The monoisotopic (exact) mass is 440 g/mol. The van der Waals surface area contributed by atoms with E-state index in [1.54, 1.807) is 23.7 Å². The lowest BCUT2D eigenvalue weighted by molar-refractivity contribution is -0.137. The van der Waals surface area contributed by atoms with Crippen LogP contribution in [0.5, 0.6) is 0 Å². The van der Waals surface area contributed by atoms with Gasteiger partial charge in [0.05, 0.1) is 11.3 Å². The highest BCUT2D eigenvalue weighted by atomic mass is 35.5. The van der Waals surface area contributed by atoms with E-state index in [1.165, 1.54) is 12.1 Å². The van der Waals surface area contributed by atoms with Crippen LogP contribution in [-0.4, -0.2) is 26.4 Å². The first kappa shape index (κ1) is 21.2. The van der Waals surface area contributed by atoms with Crippen LogP contribution in [0.1, 0.15) is 17.0 Å². The van der Waals surface area contributed by atoms with Crippen LogP contribution >= 0.6 is 23.4 Å². The fourth-order valence-electron chi connectivity index (χ4n) is 2.51. The summed E-state index contributed by atoms with van der Waals surface area (Å²) in [5, 5.41) is 11.9. The predicted molar refractivity (Wildman–Crippen MR) is 106 cm³/mol. The SMILES string of the molecule is Cn1c(Cc2ccc(Cl)cc2)nnc1SCC(=O)Nc1cccc(C(F)(F)F)c1. The number of alkyl halides is 3. The van der Waals surface area contributed by atoms with Gasteiger partial charge in [-0.25, -0.2) is 0 Å². The zero-order chi connectivity index (χ0) is 21.0. The maximum absolute atomic E-state index is 12.8. The first-order valence-corrected chi connectivity index (χ1v) is 9.81. The topological polar surface area (TPSA) is 59.8 Å². The molecule has 0 atom stereocenters. The molecule has 3 aromatic rings. The van der Waals surface area contributed by atoms with Gasteiger partial charge in [0, 0.05) is 24.2 Å². The number of aromatic nitrogens is 3. The van der Waals surface area contributed by atoms with Crippen LogP contribution in [0.4, 0.5) is 18.9 Å². The molecule has 29 heavy (non-hydrogen) atoms. The highest BCUT2D eigenvalue weighted by molar-refractivity contribution is 7.99. The van der Waals surface area contributed by atoms with Gasteiger partial charge in [-0.05, 0) is 35.9 Å². The summed E-state index contributed by atoms with van der Waals surface area (Å²) < 4.78 is 40.0. The number of thioether (sulfide) groups is 1. The molecule has 2 aromatic carbocycles. The van der Waals surface area contributed by atoms with Gasteiger partial charge in [-0.3, -0.25) is 4.79 Å². The van der Waals surface area contributed by atoms with Crippen LogP contribution in [0.15, 0.2) is 53.7 Å². The van der Waals surface area contributed by atoms with E-state index in [4.69, 9.17) is 11.6 Å². The van der Waals surface area contributed by atoms with Gasteiger partial charge in [0.15, 0.2) is 5.16 Å². The molecule has 152 valence electrons. The van der Waals surface area contributed by atoms with E-state index in [0.29, 0.717) is 22.4 Å². The molecule has 3 rings (SSSR count). The molecule has 1 N–H and O–H groups in total. The van der Waals surface area contributed by atoms with Crippen molar-refractivity contribution in [2.75, 3.05) is 11.1 Å². The smallest absolute Gasteiger partial charge is 0.325 e. The largest absolute Gasteiger partial charge is 0.416 e. The zero-order valence-electron chi connectivity index (χ0n) is 15.2. The van der Waals surface area contributed by atoms with Crippen molar-refractivity contribution in [1.29, 1.82) is 0 Å². The Labute approximate surface area is 174 Å². The molecular formula is C19H16ClF3N4OS. The van der Waals surface area contributed by atoms with E-state index < -0.39 is 17.6 Å². The minimum atomic E-state index is -4.46. The molecule has 0 aliphatic rings. The first-order valence-electron chi connectivity index (χ1n) is 8.45. The minimum Gasteiger partial charge on any atom is -0.325 e. The standard InChI is InChI=1S/C19H16ClF3N4OS/c1-27-16(9-12-5-7-14(20)8-6-12)25-26-18(27)29-11-17(28)24-15-4-2-3-13(10-15)19(21,22)23/h2-8,10H,9,11H2,1H3,(H,24,28). The Hall–Kier alpha value is -2.52. The molecule has 1 heterocycles. The third-order valence-corrected chi connectivity index (χ3v) is 5.28. The maximum atomic E-state index is 12.8. The van der Waals surface area contributed by atoms with Gasteiger partial charge in [-0.2, -0.15) is 13.2 Å². The fraction of sp³-hybridized carbons (Fsp3) is 0.211. The van der Waals surface area contributed by atoms with Crippen LogP contribution < -0.4 is 5.32 Å². The number of halogens is 4. The van der Waals surface area contributed by atoms with Gasteiger partial charge in [-0.1, -0.05) is 41.6 Å². The van der Waals surface area contributed by atoms with E-state index >= 15 is 0 Å². The lowest BCUT2D eigenvalue weighted by Crippen LogP contribution is -2.15. The molecule has 0 bridgehead atoms. The first-order chi connectivity index (χ1) is 13.7. The van der Waals surface area contributed by atoms with Crippen molar-refractivity contribution in [3.63, 3.8) is 0 Å². The zero-order valence-corrected chi connectivity index (χ0v) is 16.8. The summed E-state index contributed by atoms with van der Waals surface area (Å²) in [6, 6.07) is 11.9. The molecule has 0 fully saturated rings. The molecular weight excluding hydrogens is 425 g/mol. The Morgan fingerprint density at radius 3 is 2.59 bits per heavy atom. The van der Waals surface area contributed by atoms with Crippen molar-refractivity contribution < 1.29 is 18.0 Å². The minimum absolute atomic E-state index is 0.0108. The van der Waals surface area contributed by atoms with Gasteiger partial charge in [0.2, 0.25) is 5.91 Å². The highest BCUT2D eigenvalue weighted by Gasteiger charge is 2.30. The lowest BCUT2D eigenvalue weighted by Gasteiger charge is -2.09. The average Bonchev–Trinajstić information content (AvgIpc) is 3.01. The molecule has 0 radical (unpaired) electrons. The molecule has 5 nitrogen and oxygen atoms in total. The number of amides is 1. The van der Waals surface area contributed by atoms with Gasteiger partial charge in [-0.15, -0.1) is 10.2 Å². The van der Waals surface area contributed by atoms with E-state index in [1.807, 2.05) is 12.1 Å². The van der Waals surface area contributed by atoms with E-state index in [-0.39, 0.29) is 11.4 Å². The summed E-state index contributed by atoms with van der Waals surface area (Å²) in [6.45, 7) is 0. The lowest BCUT2D eigenvalue weighted by atomic mass is 10.1. The van der Waals surface area contributed by atoms with E-state index in [0.717, 1.165) is 29.5 Å². The number of hydrogen-bond donors (Lipinski definition) is 1. The van der Waals surface area contributed by atoms with Crippen LogP contribution in [-0.2, 0) is 24.4 Å². The van der Waals surface area contributed by atoms with Crippen LogP contribution in [0.3, 0.4) is 0 Å². The Balaban J connectivity index is 1.58. The summed E-state index contributed by atoms with van der Waals surface area (Å²) in [6.07, 6.45) is -3.91. The number of anilines is 1. The molecule has 1 amide bonds. The molecule has 0 saturated heterocycles. The van der Waals surface area contributed by atoms with Crippen molar-refractivity contribution in [3.05, 3.63) is 70.5 Å². The number of nitrogens with one attached hydrogen (secondary N) is 1. The van der Waals surface area contributed by atoms with Crippen LogP contribution in [0.25, 0.3) is 0 Å². The normalized spacial score (nSPS) is 11.5. The molecule has 0 spiro atoms. The van der Waals surface area contributed by atoms with Crippen molar-refractivity contribution in [2.24, 2.45) is 7.05 Å². The Morgan fingerprint density at radius 1 is 1.17 bits per heavy atom. The van der Waals surface area contributed by atoms with Crippen LogP contribution in [0, 0.1) is 0 Å². The fourth-order valence-corrected chi connectivity index (χ4v) is 3.37. The number of hydrogen-bond acceptors (Lipinski definition) is 4. The second-order valence-corrected chi connectivity index (χ2v) is 7.56. The van der Waals surface area contributed by atoms with Crippen molar-refractivity contribution >= 4 is 35.0 Å². The number of carbonyl (C=O) groups is 1. The summed E-state index contributed by atoms with van der Waals surface area (Å²) >= 11 is 7.03. The number of rotatable bonds is 6. The Bertz CT molecular complexity index is 1010. The van der Waals surface area contributed by atoms with Crippen molar-refractivity contribution in [2.45, 2.75) is 17.8 Å². The van der Waals surface area contributed by atoms with Gasteiger partial charge >= 0.3 is 6.18 Å². The van der Waals surface area contributed by atoms with Gasteiger partial charge < -0.3 is 9.88 Å². The Morgan fingerprint density at radius 2 is 1.90 bits per heavy atom. The van der Waals surface area contributed by atoms with E-state index in [2.05, 4.69) is 15.5 Å².